The van der Waals surface area contributed by atoms with Gasteiger partial charge in [0.15, 0.2) is 0 Å². The normalized spacial score (nSPS) is 35.2. The first-order valence-corrected chi connectivity index (χ1v) is 9.19. The predicted octanol–water partition coefficient (Wildman–Crippen LogP) is 4.25. The molecule has 0 bridgehead atoms. The summed E-state index contributed by atoms with van der Waals surface area (Å²) in [5, 5.41) is 4.25. The quantitative estimate of drug-likeness (QED) is 0.808. The molecule has 2 saturated carbocycles. The van der Waals surface area contributed by atoms with Crippen LogP contribution in [0.1, 0.15) is 50.5 Å². The minimum Gasteiger partial charge on any atom is -0.350 e. The summed E-state index contributed by atoms with van der Waals surface area (Å²) in [6.45, 7) is 2.31. The number of benzene rings is 1. The van der Waals surface area contributed by atoms with Gasteiger partial charge in [-0.25, -0.2) is 0 Å². The lowest BCUT2D eigenvalue weighted by molar-refractivity contribution is -0.124. The van der Waals surface area contributed by atoms with Gasteiger partial charge in [-0.1, -0.05) is 53.2 Å². The number of hydrogen-bond acceptors (Lipinski definition) is 1. The van der Waals surface area contributed by atoms with Gasteiger partial charge < -0.3 is 5.32 Å². The molecule has 0 saturated heterocycles. The third-order valence-corrected chi connectivity index (χ3v) is 6.30. The Morgan fingerprint density at radius 3 is 2.57 bits per heavy atom. The molecule has 2 nitrogen and oxygen atoms in total. The molecule has 21 heavy (non-hydrogen) atoms. The molecule has 0 aliphatic heterocycles. The molecule has 1 amide bonds. The number of alkyl halides is 1. The molecular weight excluding hydrogens is 326 g/mol. The molecule has 3 rings (SSSR count). The van der Waals surface area contributed by atoms with Crippen LogP contribution in [0.4, 0.5) is 0 Å². The first-order chi connectivity index (χ1) is 10.1. The van der Waals surface area contributed by atoms with Crippen molar-refractivity contribution in [1.82, 2.24) is 5.32 Å². The number of halogens is 1. The second-order valence-electron chi connectivity index (χ2n) is 6.95. The molecule has 0 heterocycles. The van der Waals surface area contributed by atoms with Crippen molar-refractivity contribution in [2.75, 3.05) is 5.33 Å². The van der Waals surface area contributed by atoms with E-state index in [0.717, 1.165) is 30.5 Å². The fourth-order valence-corrected chi connectivity index (χ4v) is 4.22. The smallest absolute Gasteiger partial charge is 0.224 e. The van der Waals surface area contributed by atoms with E-state index in [1.54, 1.807) is 0 Å². The summed E-state index contributed by atoms with van der Waals surface area (Å²) in [7, 11) is 0. The number of amides is 1. The van der Waals surface area contributed by atoms with Crippen molar-refractivity contribution in [3.8, 4) is 0 Å². The zero-order valence-electron chi connectivity index (χ0n) is 12.6. The van der Waals surface area contributed by atoms with Crippen molar-refractivity contribution in [2.24, 2.45) is 11.8 Å². The number of hydrogen-bond donors (Lipinski definition) is 1. The molecule has 114 valence electrons. The van der Waals surface area contributed by atoms with Crippen molar-refractivity contribution < 1.29 is 4.79 Å². The van der Waals surface area contributed by atoms with Crippen LogP contribution in [0.2, 0.25) is 0 Å². The maximum Gasteiger partial charge on any atom is 0.224 e. The maximum absolute atomic E-state index is 12.6. The van der Waals surface area contributed by atoms with Crippen LogP contribution in [0, 0.1) is 11.8 Å². The van der Waals surface area contributed by atoms with Crippen molar-refractivity contribution in [3.05, 3.63) is 35.9 Å². The highest BCUT2D eigenvalue weighted by atomic mass is 79.9. The van der Waals surface area contributed by atoms with E-state index < -0.39 is 0 Å². The average molecular weight is 350 g/mol. The van der Waals surface area contributed by atoms with E-state index in [2.05, 4.69) is 52.4 Å². The van der Waals surface area contributed by atoms with Crippen LogP contribution in [0.5, 0.6) is 0 Å². The van der Waals surface area contributed by atoms with Crippen LogP contribution in [0.15, 0.2) is 30.3 Å². The summed E-state index contributed by atoms with van der Waals surface area (Å²) in [6, 6.07) is 10.4. The molecule has 1 aromatic carbocycles. The Morgan fingerprint density at radius 1 is 1.29 bits per heavy atom. The fraction of sp³-hybridized carbons (Fsp3) is 0.611. The van der Waals surface area contributed by atoms with Crippen LogP contribution in [-0.2, 0) is 4.79 Å². The lowest BCUT2D eigenvalue weighted by Crippen LogP contribution is -2.52. The lowest BCUT2D eigenvalue weighted by atomic mass is 9.78. The van der Waals surface area contributed by atoms with Gasteiger partial charge in [0, 0.05) is 16.8 Å². The number of carbonyl (C=O) groups excluding carboxylic acids is 1. The minimum atomic E-state index is -0.00653. The van der Waals surface area contributed by atoms with E-state index in [-0.39, 0.29) is 17.4 Å². The van der Waals surface area contributed by atoms with Crippen molar-refractivity contribution in [2.45, 2.75) is 50.5 Å². The Labute approximate surface area is 135 Å². The summed E-state index contributed by atoms with van der Waals surface area (Å²) in [4.78, 5) is 12.6. The van der Waals surface area contributed by atoms with E-state index >= 15 is 0 Å². The third kappa shape index (κ3) is 3.33. The molecule has 2 aliphatic rings. The molecule has 0 spiro atoms. The Kier molecular flexibility index (Phi) is 4.39. The Morgan fingerprint density at radius 2 is 1.95 bits per heavy atom. The van der Waals surface area contributed by atoms with Gasteiger partial charge >= 0.3 is 0 Å². The number of rotatable bonds is 4. The molecule has 0 radical (unpaired) electrons. The van der Waals surface area contributed by atoms with Gasteiger partial charge in [-0.05, 0) is 49.5 Å². The molecule has 1 N–H and O–H groups in total. The van der Waals surface area contributed by atoms with E-state index in [0.29, 0.717) is 5.92 Å². The highest BCUT2D eigenvalue weighted by Gasteiger charge is 2.46. The molecule has 1 aromatic rings. The standard InChI is InChI=1S/C18H24BrNO/c1-13-7-9-18(12-19,10-8-13)20-17(21)16-11-15(16)14-5-3-2-4-6-14/h2-6,13,15-16H,7-12H2,1H3,(H,20,21). The van der Waals surface area contributed by atoms with Crippen molar-refractivity contribution in [1.29, 1.82) is 0 Å². The van der Waals surface area contributed by atoms with E-state index in [1.165, 1.54) is 18.4 Å². The van der Waals surface area contributed by atoms with Gasteiger partial charge in [0.1, 0.15) is 0 Å². The van der Waals surface area contributed by atoms with Gasteiger partial charge in [0.2, 0.25) is 5.91 Å². The van der Waals surface area contributed by atoms with Gasteiger partial charge in [0.25, 0.3) is 0 Å². The Bertz CT molecular complexity index is 493. The van der Waals surface area contributed by atoms with Crippen LogP contribution < -0.4 is 5.32 Å². The van der Waals surface area contributed by atoms with Crippen molar-refractivity contribution >= 4 is 21.8 Å². The first-order valence-electron chi connectivity index (χ1n) is 8.06. The van der Waals surface area contributed by atoms with Gasteiger partial charge in [-0.2, -0.15) is 0 Å². The summed E-state index contributed by atoms with van der Waals surface area (Å²) < 4.78 is 0. The SMILES string of the molecule is CC1CCC(CBr)(NC(=O)C2CC2c2ccccc2)CC1. The van der Waals surface area contributed by atoms with Crippen molar-refractivity contribution in [3.63, 3.8) is 0 Å². The molecule has 2 atom stereocenters. The van der Waals surface area contributed by atoms with E-state index in [9.17, 15) is 4.79 Å². The topological polar surface area (TPSA) is 29.1 Å². The van der Waals surface area contributed by atoms with Gasteiger partial charge in [-0.3, -0.25) is 4.79 Å². The molecule has 0 aromatic heterocycles. The number of carbonyl (C=O) groups is 1. The molecular formula is C18H24BrNO. The average Bonchev–Trinajstić information content (AvgIpc) is 3.31. The molecule has 2 unspecified atom stereocenters. The number of nitrogens with one attached hydrogen (secondary N) is 1. The summed E-state index contributed by atoms with van der Waals surface area (Å²) in [6.07, 6.45) is 5.66. The molecule has 2 fully saturated rings. The lowest BCUT2D eigenvalue weighted by Gasteiger charge is -2.39. The summed E-state index contributed by atoms with van der Waals surface area (Å²) in [5.41, 5.74) is 1.30. The second kappa shape index (κ2) is 6.12. The third-order valence-electron chi connectivity index (χ3n) is 5.23. The van der Waals surface area contributed by atoms with Crippen LogP contribution in [0.3, 0.4) is 0 Å². The maximum atomic E-state index is 12.6. The van der Waals surface area contributed by atoms with Crippen LogP contribution in [-0.4, -0.2) is 16.8 Å². The minimum absolute atomic E-state index is 0.00653. The second-order valence-corrected chi connectivity index (χ2v) is 7.51. The highest BCUT2D eigenvalue weighted by Crippen LogP contribution is 2.48. The fourth-order valence-electron chi connectivity index (χ4n) is 3.51. The summed E-state index contributed by atoms with van der Waals surface area (Å²) >= 11 is 3.63. The molecule has 3 heteroatoms. The van der Waals surface area contributed by atoms with Crippen LogP contribution >= 0.6 is 15.9 Å². The van der Waals surface area contributed by atoms with Crippen LogP contribution in [0.25, 0.3) is 0 Å². The zero-order valence-corrected chi connectivity index (χ0v) is 14.2. The van der Waals surface area contributed by atoms with Gasteiger partial charge in [0.05, 0.1) is 0 Å². The Balaban J connectivity index is 1.60. The van der Waals surface area contributed by atoms with Gasteiger partial charge in [-0.15, -0.1) is 0 Å². The monoisotopic (exact) mass is 349 g/mol. The predicted molar refractivity (Wildman–Crippen MR) is 89.6 cm³/mol. The first kappa shape index (κ1) is 15.1. The van der Waals surface area contributed by atoms with E-state index in [1.807, 2.05) is 6.07 Å². The Hall–Kier alpha value is -0.830. The summed E-state index contributed by atoms with van der Waals surface area (Å²) in [5.74, 6) is 1.67. The zero-order chi connectivity index (χ0) is 14.9. The van der Waals surface area contributed by atoms with E-state index in [4.69, 9.17) is 0 Å². The highest BCUT2D eigenvalue weighted by molar-refractivity contribution is 9.09. The molecule has 2 aliphatic carbocycles. The largest absolute Gasteiger partial charge is 0.350 e.